The maximum atomic E-state index is 5.72. The molecule has 0 atom stereocenters. The summed E-state index contributed by atoms with van der Waals surface area (Å²) in [5, 5.41) is 3.93. The highest BCUT2D eigenvalue weighted by Crippen LogP contribution is 2.16. The molecule has 0 radical (unpaired) electrons. The van der Waals surface area contributed by atoms with Gasteiger partial charge in [-0.05, 0) is 17.2 Å². The molecular weight excluding hydrogens is 254 g/mol. The van der Waals surface area contributed by atoms with E-state index in [4.69, 9.17) is 10.3 Å². The van der Waals surface area contributed by atoms with Crippen LogP contribution in [0.4, 0.5) is 0 Å². The third kappa shape index (κ3) is 2.55. The Hall–Kier alpha value is -2.60. The Balaban J connectivity index is 1.84. The molecule has 0 bridgehead atoms. The second kappa shape index (κ2) is 5.58. The molecule has 100 valence electrons. The molecule has 0 fully saturated rings. The summed E-state index contributed by atoms with van der Waals surface area (Å²) in [5.41, 5.74) is 8.53. The molecule has 3 rings (SSSR count). The van der Waals surface area contributed by atoms with Gasteiger partial charge < -0.3 is 10.3 Å². The van der Waals surface area contributed by atoms with Crippen LogP contribution < -0.4 is 5.73 Å². The largest absolute Gasteiger partial charge is 0.339 e. The molecule has 2 aromatic heterocycles. The molecule has 2 heterocycles. The lowest BCUT2D eigenvalue weighted by Crippen LogP contribution is -2.02. The van der Waals surface area contributed by atoms with E-state index < -0.39 is 0 Å². The van der Waals surface area contributed by atoms with Crippen molar-refractivity contribution >= 4 is 0 Å². The van der Waals surface area contributed by atoms with E-state index in [0.717, 1.165) is 11.1 Å². The van der Waals surface area contributed by atoms with E-state index in [-0.39, 0.29) is 0 Å². The predicted octanol–water partition coefficient (Wildman–Crippen LogP) is 1.58. The average Bonchev–Trinajstić information content (AvgIpc) is 2.97. The molecule has 0 saturated carbocycles. The van der Waals surface area contributed by atoms with Crippen LogP contribution in [0.5, 0.6) is 0 Å². The smallest absolute Gasteiger partial charge is 0.231 e. The Labute approximate surface area is 115 Å². The summed E-state index contributed by atoms with van der Waals surface area (Å²) in [4.78, 5) is 12.3. The van der Waals surface area contributed by atoms with E-state index in [1.54, 1.807) is 12.3 Å². The van der Waals surface area contributed by atoms with E-state index >= 15 is 0 Å². The minimum absolute atomic E-state index is 0.465. The molecule has 0 aliphatic carbocycles. The molecule has 0 aliphatic rings. The Morgan fingerprint density at radius 1 is 1.10 bits per heavy atom. The highest BCUT2D eigenvalue weighted by molar-refractivity contribution is 5.46. The van der Waals surface area contributed by atoms with E-state index in [2.05, 4.69) is 20.1 Å². The zero-order valence-electron chi connectivity index (χ0n) is 10.7. The molecule has 2 N–H and O–H groups in total. The maximum Gasteiger partial charge on any atom is 0.231 e. The molecule has 0 unspecified atom stereocenters. The maximum absolute atomic E-state index is 5.72. The monoisotopic (exact) mass is 267 g/mol. The first-order chi connectivity index (χ1) is 9.86. The molecule has 3 aromatic rings. The highest BCUT2D eigenvalue weighted by atomic mass is 16.5. The number of aromatic nitrogens is 4. The molecule has 6 heteroatoms. The molecule has 6 nitrogen and oxygen atoms in total. The van der Waals surface area contributed by atoms with Crippen molar-refractivity contribution in [3.05, 3.63) is 59.9 Å². The molecular formula is C14H13N5O. The van der Waals surface area contributed by atoms with Crippen LogP contribution in [0.3, 0.4) is 0 Å². The number of rotatable bonds is 4. The van der Waals surface area contributed by atoms with Gasteiger partial charge in [0.15, 0.2) is 0 Å². The van der Waals surface area contributed by atoms with Crippen molar-refractivity contribution < 1.29 is 4.52 Å². The van der Waals surface area contributed by atoms with Gasteiger partial charge in [0, 0.05) is 12.7 Å². The summed E-state index contributed by atoms with van der Waals surface area (Å²) < 4.78 is 5.26. The number of benzene rings is 1. The van der Waals surface area contributed by atoms with Gasteiger partial charge in [-0.25, -0.2) is 9.97 Å². The van der Waals surface area contributed by atoms with Crippen molar-refractivity contribution in [3.8, 4) is 11.5 Å². The van der Waals surface area contributed by atoms with Crippen molar-refractivity contribution in [2.75, 3.05) is 0 Å². The van der Waals surface area contributed by atoms with E-state index in [0.29, 0.717) is 30.4 Å². The SMILES string of the molecule is NCc1ccccc1Cc1nc(-c2ccncn2)no1. The van der Waals surface area contributed by atoms with Crippen molar-refractivity contribution in [2.24, 2.45) is 5.73 Å². The first-order valence-electron chi connectivity index (χ1n) is 6.22. The van der Waals surface area contributed by atoms with E-state index in [9.17, 15) is 0 Å². The zero-order chi connectivity index (χ0) is 13.8. The predicted molar refractivity (Wildman–Crippen MR) is 72.5 cm³/mol. The minimum atomic E-state index is 0.465. The Morgan fingerprint density at radius 2 is 1.95 bits per heavy atom. The van der Waals surface area contributed by atoms with Crippen molar-refractivity contribution in [1.82, 2.24) is 20.1 Å². The summed E-state index contributed by atoms with van der Waals surface area (Å²) in [6.45, 7) is 0.489. The fourth-order valence-electron chi connectivity index (χ4n) is 1.95. The molecule has 1 aromatic carbocycles. The second-order valence-corrected chi connectivity index (χ2v) is 4.26. The molecule has 0 saturated heterocycles. The van der Waals surface area contributed by atoms with Gasteiger partial charge >= 0.3 is 0 Å². The summed E-state index contributed by atoms with van der Waals surface area (Å²) in [6, 6.07) is 9.68. The standard InChI is InChI=1S/C14H13N5O/c15-8-11-4-2-1-3-10(11)7-13-18-14(19-20-13)12-5-6-16-9-17-12/h1-6,9H,7-8,15H2. The van der Waals surface area contributed by atoms with Crippen molar-refractivity contribution in [2.45, 2.75) is 13.0 Å². The van der Waals surface area contributed by atoms with E-state index in [1.807, 2.05) is 24.3 Å². The van der Waals surface area contributed by atoms with Gasteiger partial charge in [-0.2, -0.15) is 4.98 Å². The fourth-order valence-corrected chi connectivity index (χ4v) is 1.95. The summed E-state index contributed by atoms with van der Waals surface area (Å²) in [6.07, 6.45) is 3.66. The highest BCUT2D eigenvalue weighted by Gasteiger charge is 2.11. The topological polar surface area (TPSA) is 90.7 Å². The minimum Gasteiger partial charge on any atom is -0.339 e. The third-order valence-corrected chi connectivity index (χ3v) is 2.96. The second-order valence-electron chi connectivity index (χ2n) is 4.26. The van der Waals surface area contributed by atoms with Crippen LogP contribution in [0, 0.1) is 0 Å². The van der Waals surface area contributed by atoms with Gasteiger partial charge in [0.1, 0.15) is 12.0 Å². The van der Waals surface area contributed by atoms with Gasteiger partial charge in [-0.3, -0.25) is 0 Å². The first-order valence-corrected chi connectivity index (χ1v) is 6.22. The third-order valence-electron chi connectivity index (χ3n) is 2.96. The quantitative estimate of drug-likeness (QED) is 0.771. The van der Waals surface area contributed by atoms with E-state index in [1.165, 1.54) is 6.33 Å². The molecule has 20 heavy (non-hydrogen) atoms. The van der Waals surface area contributed by atoms with Crippen LogP contribution in [0.1, 0.15) is 17.0 Å². The van der Waals surface area contributed by atoms with Gasteiger partial charge in [-0.1, -0.05) is 29.4 Å². The fraction of sp³-hybridized carbons (Fsp3) is 0.143. The van der Waals surface area contributed by atoms with Gasteiger partial charge in [0.25, 0.3) is 0 Å². The Bertz CT molecular complexity index is 696. The van der Waals surface area contributed by atoms with Crippen LogP contribution >= 0.6 is 0 Å². The van der Waals surface area contributed by atoms with Gasteiger partial charge in [0.05, 0.1) is 6.42 Å². The van der Waals surface area contributed by atoms with Crippen LogP contribution in [-0.4, -0.2) is 20.1 Å². The molecule has 0 amide bonds. The lowest BCUT2D eigenvalue weighted by Gasteiger charge is -2.03. The average molecular weight is 267 g/mol. The van der Waals surface area contributed by atoms with Crippen LogP contribution in [0.2, 0.25) is 0 Å². The normalized spacial score (nSPS) is 10.7. The number of nitrogens with zero attached hydrogens (tertiary/aromatic N) is 4. The van der Waals surface area contributed by atoms with Crippen LogP contribution in [0.25, 0.3) is 11.5 Å². The Kier molecular flexibility index (Phi) is 3.47. The zero-order valence-corrected chi connectivity index (χ0v) is 10.7. The van der Waals surface area contributed by atoms with Crippen molar-refractivity contribution in [3.63, 3.8) is 0 Å². The summed E-state index contributed by atoms with van der Waals surface area (Å²) in [7, 11) is 0. The van der Waals surface area contributed by atoms with Gasteiger partial charge in [0.2, 0.25) is 11.7 Å². The summed E-state index contributed by atoms with van der Waals surface area (Å²) in [5.74, 6) is 1.01. The lowest BCUT2D eigenvalue weighted by molar-refractivity contribution is 0.385. The molecule has 0 aliphatic heterocycles. The van der Waals surface area contributed by atoms with Gasteiger partial charge in [-0.15, -0.1) is 0 Å². The number of hydrogen-bond acceptors (Lipinski definition) is 6. The first kappa shape index (κ1) is 12.4. The van der Waals surface area contributed by atoms with Crippen LogP contribution in [0.15, 0.2) is 47.4 Å². The van der Waals surface area contributed by atoms with Crippen LogP contribution in [-0.2, 0) is 13.0 Å². The Morgan fingerprint density at radius 3 is 2.70 bits per heavy atom. The summed E-state index contributed by atoms with van der Waals surface area (Å²) >= 11 is 0. The van der Waals surface area contributed by atoms with Crippen molar-refractivity contribution in [1.29, 1.82) is 0 Å². The molecule has 0 spiro atoms. The lowest BCUT2D eigenvalue weighted by atomic mass is 10.0. The number of nitrogens with two attached hydrogens (primary N) is 1. The number of hydrogen-bond donors (Lipinski definition) is 1.